The van der Waals surface area contributed by atoms with E-state index in [2.05, 4.69) is 0 Å². The van der Waals surface area contributed by atoms with E-state index in [0.717, 1.165) is 6.42 Å². The van der Waals surface area contributed by atoms with Gasteiger partial charge >= 0.3 is 0 Å². The lowest BCUT2D eigenvalue weighted by Gasteiger charge is -2.09. The smallest absolute Gasteiger partial charge is 0.149 e. The molecule has 1 heterocycles. The van der Waals surface area contributed by atoms with Gasteiger partial charge in [0.1, 0.15) is 5.78 Å². The van der Waals surface area contributed by atoms with Gasteiger partial charge in [-0.25, -0.2) is 0 Å². The standard InChI is InChI=1S/C6H10FNO.ClH/c1-5(9)6-3-2-4-8(6)7;/h6H,2-4H2,1H3;1H. The van der Waals surface area contributed by atoms with Gasteiger partial charge in [-0.3, -0.25) is 4.79 Å². The Labute approximate surface area is 65.7 Å². The summed E-state index contributed by atoms with van der Waals surface area (Å²) in [4.78, 5) is 10.6. The third-order valence-corrected chi connectivity index (χ3v) is 1.66. The average Bonchev–Trinajstić information content (AvgIpc) is 2.13. The minimum absolute atomic E-state index is 0. The minimum atomic E-state index is -0.440. The summed E-state index contributed by atoms with van der Waals surface area (Å²) in [5.74, 6) is -0.0602. The molecule has 1 fully saturated rings. The molecule has 0 aromatic carbocycles. The lowest BCUT2D eigenvalue weighted by molar-refractivity contribution is -0.126. The van der Waals surface area contributed by atoms with Crippen LogP contribution in [-0.2, 0) is 4.79 Å². The third kappa shape index (κ3) is 1.92. The number of hydrogen-bond acceptors (Lipinski definition) is 2. The van der Waals surface area contributed by atoms with Gasteiger partial charge in [0.05, 0.1) is 6.04 Å². The summed E-state index contributed by atoms with van der Waals surface area (Å²) in [6.45, 7) is 1.85. The van der Waals surface area contributed by atoms with Gasteiger partial charge < -0.3 is 0 Å². The predicted molar refractivity (Wildman–Crippen MR) is 38.8 cm³/mol. The third-order valence-electron chi connectivity index (χ3n) is 1.66. The van der Waals surface area contributed by atoms with Gasteiger partial charge in [-0.1, -0.05) is 0 Å². The zero-order chi connectivity index (χ0) is 6.85. The molecule has 4 heteroatoms. The van der Waals surface area contributed by atoms with Crippen molar-refractivity contribution in [3.63, 3.8) is 0 Å². The SMILES string of the molecule is CC(=O)C1CCCN1F.Cl. The fraction of sp³-hybridized carbons (Fsp3) is 0.833. The van der Waals surface area contributed by atoms with Crippen molar-refractivity contribution in [1.29, 1.82) is 0 Å². The second-order valence-electron chi connectivity index (χ2n) is 2.39. The van der Waals surface area contributed by atoms with Gasteiger partial charge in [-0.05, 0) is 19.8 Å². The van der Waals surface area contributed by atoms with Crippen molar-refractivity contribution >= 4 is 18.2 Å². The van der Waals surface area contributed by atoms with Crippen molar-refractivity contribution in [3.05, 3.63) is 0 Å². The molecule has 0 N–H and O–H groups in total. The van der Waals surface area contributed by atoms with Gasteiger partial charge in [0.2, 0.25) is 0 Å². The van der Waals surface area contributed by atoms with Gasteiger partial charge in [0, 0.05) is 6.54 Å². The summed E-state index contributed by atoms with van der Waals surface area (Å²) in [6, 6.07) is -0.440. The van der Waals surface area contributed by atoms with Crippen molar-refractivity contribution in [2.45, 2.75) is 25.8 Å². The Kier molecular flexibility index (Phi) is 3.83. The summed E-state index contributed by atoms with van der Waals surface area (Å²) < 4.78 is 12.5. The van der Waals surface area contributed by atoms with E-state index in [9.17, 15) is 9.28 Å². The summed E-state index contributed by atoms with van der Waals surface area (Å²) in [5.41, 5.74) is 0. The van der Waals surface area contributed by atoms with Crippen LogP contribution in [0.3, 0.4) is 0 Å². The van der Waals surface area contributed by atoms with Crippen molar-refractivity contribution in [1.82, 2.24) is 5.12 Å². The van der Waals surface area contributed by atoms with E-state index in [1.807, 2.05) is 0 Å². The maximum atomic E-state index is 12.5. The Hall–Kier alpha value is -0.150. The van der Waals surface area contributed by atoms with E-state index in [1.165, 1.54) is 6.92 Å². The Morgan fingerprint density at radius 2 is 2.30 bits per heavy atom. The van der Waals surface area contributed by atoms with Crippen LogP contribution >= 0.6 is 12.4 Å². The molecule has 0 spiro atoms. The highest BCUT2D eigenvalue weighted by Crippen LogP contribution is 2.17. The van der Waals surface area contributed by atoms with Crippen LogP contribution in [0.1, 0.15) is 19.8 Å². The predicted octanol–water partition coefficient (Wildman–Crippen LogP) is 1.35. The van der Waals surface area contributed by atoms with E-state index in [1.54, 1.807) is 0 Å². The number of carbonyl (C=O) groups is 1. The molecule has 2 nitrogen and oxygen atoms in total. The largest absolute Gasteiger partial charge is 0.298 e. The highest BCUT2D eigenvalue weighted by atomic mass is 35.5. The van der Waals surface area contributed by atoms with E-state index in [0.29, 0.717) is 18.1 Å². The minimum Gasteiger partial charge on any atom is -0.298 e. The van der Waals surface area contributed by atoms with Crippen LogP contribution in [0, 0.1) is 0 Å². The number of nitrogens with zero attached hydrogens (tertiary/aromatic N) is 1. The highest BCUT2D eigenvalue weighted by Gasteiger charge is 2.27. The van der Waals surface area contributed by atoms with Gasteiger partial charge in [0.15, 0.2) is 0 Å². The first kappa shape index (κ1) is 9.85. The second kappa shape index (κ2) is 3.88. The summed E-state index contributed by atoms with van der Waals surface area (Å²) in [6.07, 6.45) is 1.49. The molecule has 60 valence electrons. The Morgan fingerprint density at radius 1 is 1.70 bits per heavy atom. The molecule has 1 rings (SSSR count). The van der Waals surface area contributed by atoms with Crippen LogP contribution in [0.4, 0.5) is 4.48 Å². The van der Waals surface area contributed by atoms with Gasteiger partial charge in [0.25, 0.3) is 0 Å². The zero-order valence-corrected chi connectivity index (χ0v) is 6.66. The monoisotopic (exact) mass is 167 g/mol. The maximum absolute atomic E-state index is 12.5. The van der Waals surface area contributed by atoms with E-state index in [4.69, 9.17) is 0 Å². The molecule has 0 aliphatic carbocycles. The van der Waals surface area contributed by atoms with Crippen LogP contribution in [0.5, 0.6) is 0 Å². The van der Waals surface area contributed by atoms with Crippen molar-refractivity contribution in [2.75, 3.05) is 6.54 Å². The average molecular weight is 168 g/mol. The van der Waals surface area contributed by atoms with Gasteiger partial charge in [-0.15, -0.1) is 22.0 Å². The lowest BCUT2D eigenvalue weighted by atomic mass is 10.2. The molecule has 1 atom stereocenters. The number of rotatable bonds is 1. The van der Waals surface area contributed by atoms with E-state index < -0.39 is 6.04 Å². The Balaban J connectivity index is 0.000000810. The molecule has 0 aromatic heterocycles. The first-order chi connectivity index (χ1) is 4.22. The summed E-state index contributed by atoms with van der Waals surface area (Å²) >= 11 is 0. The quantitative estimate of drug-likeness (QED) is 0.550. The van der Waals surface area contributed by atoms with Crippen molar-refractivity contribution in [2.24, 2.45) is 0 Å². The molecule has 0 bridgehead atoms. The molecule has 1 unspecified atom stereocenters. The van der Waals surface area contributed by atoms with Crippen LogP contribution in [0.25, 0.3) is 0 Å². The maximum Gasteiger partial charge on any atom is 0.149 e. The zero-order valence-electron chi connectivity index (χ0n) is 5.84. The number of ketones is 1. The van der Waals surface area contributed by atoms with Crippen LogP contribution in [-0.4, -0.2) is 23.5 Å². The molecular weight excluding hydrogens is 157 g/mol. The number of Topliss-reactive ketones (excluding diaryl/α,β-unsaturated/α-hetero) is 1. The van der Waals surface area contributed by atoms with Gasteiger partial charge in [-0.2, -0.15) is 0 Å². The normalized spacial score (nSPS) is 26.0. The second-order valence-corrected chi connectivity index (χ2v) is 2.39. The Morgan fingerprint density at radius 3 is 2.50 bits per heavy atom. The van der Waals surface area contributed by atoms with Crippen molar-refractivity contribution < 1.29 is 9.28 Å². The van der Waals surface area contributed by atoms with Crippen molar-refractivity contribution in [3.8, 4) is 0 Å². The molecule has 10 heavy (non-hydrogen) atoms. The van der Waals surface area contributed by atoms with E-state index in [-0.39, 0.29) is 18.2 Å². The molecular formula is C6H11ClFNO. The van der Waals surface area contributed by atoms with E-state index >= 15 is 0 Å². The molecule has 0 amide bonds. The number of carbonyl (C=O) groups excluding carboxylic acids is 1. The molecule has 0 saturated carbocycles. The van der Waals surface area contributed by atoms with Crippen LogP contribution < -0.4 is 0 Å². The fourth-order valence-corrected chi connectivity index (χ4v) is 1.13. The Bertz CT molecular complexity index is 131. The summed E-state index contributed by atoms with van der Waals surface area (Å²) in [5, 5.41) is 0.627. The molecule has 1 aliphatic rings. The number of hydrogen-bond donors (Lipinski definition) is 0. The molecule has 0 radical (unpaired) electrons. The topological polar surface area (TPSA) is 20.3 Å². The molecule has 0 aromatic rings. The first-order valence-electron chi connectivity index (χ1n) is 3.14. The molecule has 1 aliphatic heterocycles. The van der Waals surface area contributed by atoms with Crippen LogP contribution in [0.2, 0.25) is 0 Å². The summed E-state index contributed by atoms with van der Waals surface area (Å²) in [7, 11) is 0. The lowest BCUT2D eigenvalue weighted by Crippen LogP contribution is -2.27. The first-order valence-corrected chi connectivity index (χ1v) is 3.14. The number of halogens is 2. The van der Waals surface area contributed by atoms with Crippen LogP contribution in [0.15, 0.2) is 0 Å². The molecule has 1 saturated heterocycles. The fourth-order valence-electron chi connectivity index (χ4n) is 1.13. The highest BCUT2D eigenvalue weighted by molar-refractivity contribution is 5.85.